The molecular formula is C12H27N3OS. The van der Waals surface area contributed by atoms with E-state index < -0.39 is 0 Å². The van der Waals surface area contributed by atoms with Crippen molar-refractivity contribution in [2.75, 3.05) is 39.5 Å². The van der Waals surface area contributed by atoms with Crippen LogP contribution in [0, 0.1) is 0 Å². The second-order valence-electron chi connectivity index (χ2n) is 4.81. The second-order valence-corrected chi connectivity index (χ2v) is 5.79. The summed E-state index contributed by atoms with van der Waals surface area (Å²) in [5, 5.41) is 14.8. The Kier molecular flexibility index (Phi) is 6.80. The fraction of sp³-hybridized carbons (Fsp3) is 1.00. The van der Waals surface area contributed by atoms with Crippen molar-refractivity contribution in [1.82, 2.24) is 14.3 Å². The lowest BCUT2D eigenvalue weighted by molar-refractivity contribution is -0.102. The third-order valence-corrected chi connectivity index (χ3v) is 4.23. The molecule has 102 valence electrons. The van der Waals surface area contributed by atoms with Crippen LogP contribution >= 0.6 is 11.9 Å². The molecule has 0 aromatic rings. The number of likely N-dealkylation sites (N-methyl/N-ethyl adjacent to an activating group) is 1. The molecule has 1 aliphatic rings. The molecule has 5 heteroatoms. The maximum Gasteiger partial charge on any atom is 0.0817 e. The lowest BCUT2D eigenvalue weighted by Gasteiger charge is -2.43. The van der Waals surface area contributed by atoms with Crippen LogP contribution in [0.1, 0.15) is 26.7 Å². The number of hydrogen-bond donors (Lipinski definition) is 1. The van der Waals surface area contributed by atoms with Gasteiger partial charge in [0, 0.05) is 32.2 Å². The molecule has 17 heavy (non-hydrogen) atoms. The standard InChI is InChI=1S/C12H27N3OS/c1-5-14-8-6-7-11(2)15(14)10-12(16)9-13(3)17-4/h11-12,16H,5-10H2,1-4H3. The van der Waals surface area contributed by atoms with Gasteiger partial charge in [-0.2, -0.15) is 0 Å². The average Bonchev–Trinajstić information content (AvgIpc) is 2.31. The van der Waals surface area contributed by atoms with Gasteiger partial charge >= 0.3 is 0 Å². The summed E-state index contributed by atoms with van der Waals surface area (Å²) < 4.78 is 2.08. The van der Waals surface area contributed by atoms with Gasteiger partial charge in [0.05, 0.1) is 6.10 Å². The molecule has 2 atom stereocenters. The molecule has 0 bridgehead atoms. The van der Waals surface area contributed by atoms with E-state index >= 15 is 0 Å². The Morgan fingerprint density at radius 3 is 2.82 bits per heavy atom. The number of aliphatic hydroxyl groups excluding tert-OH is 1. The fourth-order valence-corrected chi connectivity index (χ4v) is 2.73. The van der Waals surface area contributed by atoms with E-state index in [0.717, 1.165) is 26.2 Å². The van der Waals surface area contributed by atoms with Crippen molar-refractivity contribution in [3.63, 3.8) is 0 Å². The lowest BCUT2D eigenvalue weighted by atomic mass is 10.1. The van der Waals surface area contributed by atoms with Crippen LogP contribution < -0.4 is 0 Å². The lowest BCUT2D eigenvalue weighted by Crippen LogP contribution is -2.54. The minimum absolute atomic E-state index is 0.276. The molecule has 1 fully saturated rings. The number of β-amino-alcohol motifs (C(OH)–C–C–N with tert-alkyl or cyclic N) is 1. The van der Waals surface area contributed by atoms with Crippen molar-refractivity contribution < 1.29 is 5.11 Å². The van der Waals surface area contributed by atoms with Gasteiger partial charge in [-0.15, -0.1) is 0 Å². The topological polar surface area (TPSA) is 30.0 Å². The third kappa shape index (κ3) is 4.75. The van der Waals surface area contributed by atoms with Gasteiger partial charge in [0.15, 0.2) is 0 Å². The molecule has 0 aromatic carbocycles. The second kappa shape index (κ2) is 7.59. The van der Waals surface area contributed by atoms with E-state index in [1.165, 1.54) is 12.8 Å². The molecule has 0 radical (unpaired) electrons. The number of nitrogens with zero attached hydrogens (tertiary/aromatic N) is 3. The quantitative estimate of drug-likeness (QED) is 0.728. The molecule has 1 N–H and O–H groups in total. The van der Waals surface area contributed by atoms with Crippen molar-refractivity contribution in [2.45, 2.75) is 38.8 Å². The van der Waals surface area contributed by atoms with Crippen LogP contribution in [-0.2, 0) is 0 Å². The van der Waals surface area contributed by atoms with Crippen LogP contribution in [0.2, 0.25) is 0 Å². The SMILES string of the molecule is CCN1CCCC(C)N1CC(O)CN(C)SC. The zero-order valence-corrected chi connectivity index (χ0v) is 12.4. The molecule has 0 saturated carbocycles. The highest BCUT2D eigenvalue weighted by atomic mass is 32.2. The first-order valence-electron chi connectivity index (χ1n) is 6.53. The summed E-state index contributed by atoms with van der Waals surface area (Å²) in [6.45, 7) is 8.08. The molecule has 4 nitrogen and oxygen atoms in total. The molecule has 1 rings (SSSR count). The van der Waals surface area contributed by atoms with Gasteiger partial charge < -0.3 is 5.11 Å². The first-order valence-corrected chi connectivity index (χ1v) is 7.71. The van der Waals surface area contributed by atoms with Gasteiger partial charge in [-0.25, -0.2) is 10.0 Å². The highest BCUT2D eigenvalue weighted by Gasteiger charge is 2.26. The summed E-state index contributed by atoms with van der Waals surface area (Å²) in [5.74, 6) is 0. The van der Waals surface area contributed by atoms with Gasteiger partial charge in [-0.1, -0.05) is 18.9 Å². The Bertz CT molecular complexity index is 218. The Balaban J connectivity index is 2.45. The summed E-state index contributed by atoms with van der Waals surface area (Å²) in [7, 11) is 2.02. The highest BCUT2D eigenvalue weighted by molar-refractivity contribution is 7.96. The van der Waals surface area contributed by atoms with Crippen LogP contribution in [0.15, 0.2) is 0 Å². The number of aliphatic hydroxyl groups is 1. The Morgan fingerprint density at radius 1 is 1.53 bits per heavy atom. The smallest absolute Gasteiger partial charge is 0.0817 e. The Hall–Kier alpha value is 0.190. The maximum absolute atomic E-state index is 10.1. The third-order valence-electron chi connectivity index (χ3n) is 3.45. The summed E-state index contributed by atoms with van der Waals surface area (Å²) >= 11 is 1.66. The van der Waals surface area contributed by atoms with Crippen molar-refractivity contribution in [1.29, 1.82) is 0 Å². The first kappa shape index (κ1) is 15.2. The summed E-state index contributed by atoms with van der Waals surface area (Å²) in [4.78, 5) is 0. The average molecular weight is 261 g/mol. The van der Waals surface area contributed by atoms with Crippen molar-refractivity contribution in [3.05, 3.63) is 0 Å². The number of rotatable bonds is 6. The van der Waals surface area contributed by atoms with Gasteiger partial charge in [0.25, 0.3) is 0 Å². The number of hydrogen-bond acceptors (Lipinski definition) is 5. The zero-order valence-electron chi connectivity index (χ0n) is 11.6. The maximum atomic E-state index is 10.1. The van der Waals surface area contributed by atoms with E-state index in [2.05, 4.69) is 28.2 Å². The molecule has 0 amide bonds. The van der Waals surface area contributed by atoms with Crippen molar-refractivity contribution >= 4 is 11.9 Å². The minimum atomic E-state index is -0.276. The van der Waals surface area contributed by atoms with E-state index in [1.807, 2.05) is 13.3 Å². The molecule has 1 aliphatic heterocycles. The van der Waals surface area contributed by atoms with E-state index in [0.29, 0.717) is 6.04 Å². The molecule has 0 aliphatic carbocycles. The van der Waals surface area contributed by atoms with E-state index in [9.17, 15) is 5.11 Å². The van der Waals surface area contributed by atoms with E-state index in [-0.39, 0.29) is 6.10 Å². The predicted molar refractivity (Wildman–Crippen MR) is 74.8 cm³/mol. The largest absolute Gasteiger partial charge is 0.390 e. The molecule has 0 spiro atoms. The van der Waals surface area contributed by atoms with E-state index in [4.69, 9.17) is 0 Å². The van der Waals surface area contributed by atoms with Gasteiger partial charge in [0.1, 0.15) is 0 Å². The van der Waals surface area contributed by atoms with Crippen LogP contribution in [0.4, 0.5) is 0 Å². The van der Waals surface area contributed by atoms with Crippen LogP contribution in [0.25, 0.3) is 0 Å². The summed E-state index contributed by atoms with van der Waals surface area (Å²) in [6.07, 6.45) is 4.27. The number of hydrazine groups is 1. The summed E-state index contributed by atoms with van der Waals surface area (Å²) in [6, 6.07) is 0.554. The molecule has 1 heterocycles. The van der Waals surface area contributed by atoms with Crippen molar-refractivity contribution in [3.8, 4) is 0 Å². The molecule has 1 saturated heterocycles. The minimum Gasteiger partial charge on any atom is -0.390 e. The highest BCUT2D eigenvalue weighted by Crippen LogP contribution is 2.18. The molecular weight excluding hydrogens is 234 g/mol. The van der Waals surface area contributed by atoms with Crippen molar-refractivity contribution in [2.24, 2.45) is 0 Å². The van der Waals surface area contributed by atoms with Gasteiger partial charge in [0.2, 0.25) is 0 Å². The summed E-state index contributed by atoms with van der Waals surface area (Å²) in [5.41, 5.74) is 0. The van der Waals surface area contributed by atoms with Crippen LogP contribution in [-0.4, -0.2) is 71.1 Å². The van der Waals surface area contributed by atoms with E-state index in [1.54, 1.807) is 11.9 Å². The molecule has 2 unspecified atom stereocenters. The zero-order chi connectivity index (χ0) is 12.8. The predicted octanol–water partition coefficient (Wildman–Crippen LogP) is 1.28. The first-order chi connectivity index (χ1) is 8.08. The molecule has 0 aromatic heterocycles. The monoisotopic (exact) mass is 261 g/mol. The normalized spacial score (nSPS) is 25.4. The Morgan fingerprint density at radius 2 is 2.24 bits per heavy atom. The van der Waals surface area contributed by atoms with Gasteiger partial charge in [-0.05, 0) is 33.1 Å². The fourth-order valence-electron chi connectivity index (χ4n) is 2.41. The van der Waals surface area contributed by atoms with Gasteiger partial charge in [-0.3, -0.25) is 4.31 Å². The Labute approximate surface area is 110 Å². The van der Waals surface area contributed by atoms with Crippen LogP contribution in [0.3, 0.4) is 0 Å². The van der Waals surface area contributed by atoms with Crippen LogP contribution in [0.5, 0.6) is 0 Å².